The summed E-state index contributed by atoms with van der Waals surface area (Å²) in [6.45, 7) is 1.95. The van der Waals surface area contributed by atoms with Crippen LogP contribution in [0.2, 0.25) is 0 Å². The number of amides is 2. The number of carbonyl (C=O) groups is 3. The van der Waals surface area contributed by atoms with Crippen LogP contribution in [-0.2, 0) is 19.2 Å². The number of carboxylic acids is 1. The minimum Gasteiger partial charge on any atom is -0.477 e. The van der Waals surface area contributed by atoms with Crippen molar-refractivity contribution >= 4 is 74.0 Å². The largest absolute Gasteiger partial charge is 0.477 e. The number of hydrogen-bond donors (Lipinski definition) is 3. The molecule has 0 radical (unpaired) electrons. The Morgan fingerprint density at radius 1 is 1.39 bits per heavy atom. The monoisotopic (exact) mass is 545 g/mol. The van der Waals surface area contributed by atoms with Gasteiger partial charge in [0.25, 0.3) is 11.8 Å². The van der Waals surface area contributed by atoms with E-state index in [0.29, 0.717) is 11.3 Å². The smallest absolute Gasteiger partial charge is 0.352 e. The molecule has 12 nitrogen and oxygen atoms in total. The van der Waals surface area contributed by atoms with Gasteiger partial charge in [0.2, 0.25) is 0 Å². The van der Waals surface area contributed by atoms with E-state index < -0.39 is 29.2 Å². The van der Waals surface area contributed by atoms with Crippen LogP contribution in [0, 0.1) is 6.92 Å². The Morgan fingerprint density at radius 3 is 2.86 bits per heavy atom. The lowest BCUT2D eigenvalue weighted by atomic mass is 10.0. The van der Waals surface area contributed by atoms with Gasteiger partial charge in [0, 0.05) is 21.7 Å². The van der Waals surface area contributed by atoms with Crippen molar-refractivity contribution in [3.8, 4) is 0 Å². The fraction of sp³-hybridized carbons (Fsp3) is 0.238. The number of rotatable bonds is 7. The van der Waals surface area contributed by atoms with Crippen molar-refractivity contribution in [1.82, 2.24) is 24.6 Å². The van der Waals surface area contributed by atoms with Crippen LogP contribution in [0.4, 0.5) is 5.13 Å². The molecule has 0 aliphatic carbocycles. The van der Waals surface area contributed by atoms with E-state index in [0.717, 1.165) is 26.7 Å². The minimum atomic E-state index is -1.21. The second-order valence-corrected chi connectivity index (χ2v) is 10.8. The molecule has 2 atom stereocenters. The molecule has 36 heavy (non-hydrogen) atoms. The molecule has 0 bridgehead atoms. The number of aliphatic carboxylic acids is 1. The second-order valence-electron chi connectivity index (χ2n) is 7.72. The van der Waals surface area contributed by atoms with Gasteiger partial charge in [-0.1, -0.05) is 11.2 Å². The maximum atomic E-state index is 13.0. The zero-order chi connectivity index (χ0) is 25.6. The number of anilines is 1. The number of aromatic nitrogens is 3. The zero-order valence-corrected chi connectivity index (χ0v) is 21.3. The first-order chi connectivity index (χ1) is 17.3. The van der Waals surface area contributed by atoms with Gasteiger partial charge in [-0.2, -0.15) is 0 Å². The van der Waals surface area contributed by atoms with Gasteiger partial charge < -0.3 is 21.0 Å². The number of nitrogens with zero attached hydrogens (tertiary/aromatic N) is 5. The van der Waals surface area contributed by atoms with Crippen LogP contribution in [-0.4, -0.2) is 72.1 Å². The Labute approximate surface area is 216 Å². The maximum Gasteiger partial charge on any atom is 0.352 e. The van der Waals surface area contributed by atoms with E-state index in [9.17, 15) is 19.5 Å². The van der Waals surface area contributed by atoms with Gasteiger partial charge in [0.1, 0.15) is 41.1 Å². The molecule has 2 aliphatic heterocycles. The summed E-state index contributed by atoms with van der Waals surface area (Å²) in [4.78, 5) is 54.1. The number of β-lactam (4-membered cyclic amide) rings is 1. The Morgan fingerprint density at radius 2 is 2.19 bits per heavy atom. The van der Waals surface area contributed by atoms with Crippen molar-refractivity contribution in [2.24, 2.45) is 5.16 Å². The normalized spacial score (nSPS) is 20.1. The number of hydrogen-bond acceptors (Lipinski definition) is 11. The third-order valence-electron chi connectivity index (χ3n) is 5.62. The number of oxime groups is 1. The quantitative estimate of drug-likeness (QED) is 0.227. The van der Waals surface area contributed by atoms with Crippen molar-refractivity contribution in [2.45, 2.75) is 18.3 Å². The molecule has 1 saturated heterocycles. The van der Waals surface area contributed by atoms with Gasteiger partial charge in [0.15, 0.2) is 10.8 Å². The number of allylic oxidation sites excluding steroid dienone is 1. The van der Waals surface area contributed by atoms with Crippen LogP contribution < -0.4 is 11.1 Å². The van der Waals surface area contributed by atoms with Crippen molar-refractivity contribution in [3.05, 3.63) is 51.5 Å². The number of carbonyl (C=O) groups excluding carboxylic acids is 2. The highest BCUT2D eigenvalue weighted by Crippen LogP contribution is 2.41. The molecule has 0 saturated carbocycles. The number of nitrogen functional groups attached to an aromatic ring is 1. The van der Waals surface area contributed by atoms with Gasteiger partial charge in [-0.15, -0.1) is 34.4 Å². The van der Waals surface area contributed by atoms with Crippen molar-refractivity contribution in [2.75, 3.05) is 18.6 Å². The molecule has 4 N–H and O–H groups in total. The summed E-state index contributed by atoms with van der Waals surface area (Å²) >= 11 is 4.03. The van der Waals surface area contributed by atoms with Crippen LogP contribution in [0.15, 0.2) is 40.4 Å². The Bertz CT molecular complexity index is 1480. The highest BCUT2D eigenvalue weighted by atomic mass is 32.2. The SMILES string of the molecule is CO/N=C(\C(=O)N[C@@H]1C(=O)N2C(C(=O)O)=C(C=Cc3sc4cncn4c3C)CS[C@H]12)c1csc(N)n1. The van der Waals surface area contributed by atoms with E-state index in [-0.39, 0.29) is 22.2 Å². The Hall–Kier alpha value is -3.69. The fourth-order valence-corrected chi connectivity index (χ4v) is 6.79. The van der Waals surface area contributed by atoms with E-state index in [1.165, 1.54) is 35.1 Å². The number of fused-ring (bicyclic) bond motifs is 2. The standard InChI is InChI=1S/C21H19N7O5S3/c1-9-12(36-13-5-23-8-27(9)13)4-3-10-6-34-19-15(18(30)28(19)16(10)20(31)32)25-17(29)14(26-33-2)11-7-35-21(22)24-11/h3-5,7-8,15,19H,6H2,1-2H3,(H2,22,24)(H,25,29)(H,31,32)/b4-3?,26-14-/t15-,19-/m1/s1. The third-order valence-corrected chi connectivity index (χ3v) is 8.76. The average Bonchev–Trinajstić information content (AvgIpc) is 3.56. The first kappa shape index (κ1) is 24.0. The molecule has 1 fully saturated rings. The van der Waals surface area contributed by atoms with Crippen LogP contribution in [0.1, 0.15) is 16.3 Å². The molecule has 3 aromatic rings. The second kappa shape index (κ2) is 9.40. The molecular weight excluding hydrogens is 526 g/mol. The highest BCUT2D eigenvalue weighted by Gasteiger charge is 2.54. The number of thioether (sulfide) groups is 1. The van der Waals surface area contributed by atoms with Crippen molar-refractivity contribution < 1.29 is 24.3 Å². The maximum absolute atomic E-state index is 13.0. The van der Waals surface area contributed by atoms with Crippen LogP contribution in [0.3, 0.4) is 0 Å². The number of nitrogens with two attached hydrogens (primary N) is 1. The van der Waals surface area contributed by atoms with Crippen LogP contribution in [0.25, 0.3) is 10.9 Å². The molecule has 3 aromatic heterocycles. The minimum absolute atomic E-state index is 0.0916. The topological polar surface area (TPSA) is 165 Å². The predicted octanol–water partition coefficient (Wildman–Crippen LogP) is 1.55. The molecule has 0 unspecified atom stereocenters. The lowest BCUT2D eigenvalue weighted by molar-refractivity contribution is -0.150. The zero-order valence-electron chi connectivity index (χ0n) is 18.9. The molecule has 186 valence electrons. The first-order valence-electron chi connectivity index (χ1n) is 10.4. The van der Waals surface area contributed by atoms with Gasteiger partial charge in [-0.05, 0) is 18.6 Å². The molecule has 0 spiro atoms. The lowest BCUT2D eigenvalue weighted by Gasteiger charge is -2.49. The fourth-order valence-electron chi connectivity index (χ4n) is 3.92. The van der Waals surface area contributed by atoms with Crippen molar-refractivity contribution in [1.29, 1.82) is 0 Å². The van der Waals surface area contributed by atoms with Crippen LogP contribution in [0.5, 0.6) is 0 Å². The number of aryl methyl sites for hydroxylation is 1. The number of carboxylic acid groups (broad SMARTS) is 1. The number of nitrogens with one attached hydrogen (secondary N) is 1. The van der Waals surface area contributed by atoms with E-state index in [1.807, 2.05) is 17.4 Å². The third kappa shape index (κ3) is 4.04. The molecular formula is C21H19N7O5S3. The lowest BCUT2D eigenvalue weighted by Crippen LogP contribution is -2.71. The van der Waals surface area contributed by atoms with E-state index >= 15 is 0 Å². The molecule has 2 amide bonds. The summed E-state index contributed by atoms with van der Waals surface area (Å²) in [6.07, 6.45) is 7.06. The molecule has 15 heteroatoms. The summed E-state index contributed by atoms with van der Waals surface area (Å²) in [7, 11) is 1.28. The molecule has 5 rings (SSSR count). The highest BCUT2D eigenvalue weighted by molar-refractivity contribution is 8.00. The molecule has 2 aliphatic rings. The Kier molecular flexibility index (Phi) is 6.27. The van der Waals surface area contributed by atoms with E-state index in [2.05, 4.69) is 20.4 Å². The van der Waals surface area contributed by atoms with Gasteiger partial charge in [-0.3, -0.25) is 18.9 Å². The summed E-state index contributed by atoms with van der Waals surface area (Å²) < 4.78 is 1.95. The Balaban J connectivity index is 1.36. The summed E-state index contributed by atoms with van der Waals surface area (Å²) in [6, 6.07) is -0.922. The summed E-state index contributed by atoms with van der Waals surface area (Å²) in [5, 5.41) is 17.5. The van der Waals surface area contributed by atoms with E-state index in [4.69, 9.17) is 10.6 Å². The number of thiazole rings is 2. The molecule has 5 heterocycles. The van der Waals surface area contributed by atoms with Gasteiger partial charge in [-0.25, -0.2) is 14.8 Å². The van der Waals surface area contributed by atoms with E-state index in [1.54, 1.807) is 24.0 Å². The average molecular weight is 546 g/mol. The summed E-state index contributed by atoms with van der Waals surface area (Å²) in [5.74, 6) is -2.05. The predicted molar refractivity (Wildman–Crippen MR) is 137 cm³/mol. The van der Waals surface area contributed by atoms with Crippen LogP contribution >= 0.6 is 34.4 Å². The first-order valence-corrected chi connectivity index (χ1v) is 13.2. The van der Waals surface area contributed by atoms with Gasteiger partial charge >= 0.3 is 5.97 Å². The number of imidazole rings is 1. The summed E-state index contributed by atoms with van der Waals surface area (Å²) in [5.41, 5.74) is 7.14. The van der Waals surface area contributed by atoms with Gasteiger partial charge in [0.05, 0.1) is 6.20 Å². The van der Waals surface area contributed by atoms with Crippen molar-refractivity contribution in [3.63, 3.8) is 0 Å². The molecule has 0 aromatic carbocycles.